The minimum absolute atomic E-state index is 0.426. The van der Waals surface area contributed by atoms with Crippen molar-refractivity contribution in [3.63, 3.8) is 0 Å². The van der Waals surface area contributed by atoms with E-state index in [2.05, 4.69) is 23.5 Å². The molecule has 0 saturated carbocycles. The van der Waals surface area contributed by atoms with Crippen molar-refractivity contribution >= 4 is 17.3 Å². The zero-order valence-corrected chi connectivity index (χ0v) is 12.9. The first-order chi connectivity index (χ1) is 10.7. The number of ether oxygens (including phenoxy) is 1. The lowest BCUT2D eigenvalue weighted by atomic mass is 10.1. The van der Waals surface area contributed by atoms with E-state index in [-0.39, 0.29) is 0 Å². The third-order valence-corrected chi connectivity index (χ3v) is 3.11. The quantitative estimate of drug-likeness (QED) is 0.757. The molecule has 0 aliphatic heterocycles. The van der Waals surface area contributed by atoms with Crippen LogP contribution in [0.5, 0.6) is 0 Å². The molecule has 2 aromatic rings. The summed E-state index contributed by atoms with van der Waals surface area (Å²) < 4.78 is 10.9. The Morgan fingerprint density at radius 1 is 1.41 bits per heavy atom. The predicted molar refractivity (Wildman–Crippen MR) is 90.0 cm³/mol. The van der Waals surface area contributed by atoms with Crippen LogP contribution in [0.25, 0.3) is 5.57 Å². The van der Waals surface area contributed by atoms with Gasteiger partial charge in [0.25, 0.3) is 6.01 Å². The van der Waals surface area contributed by atoms with Crippen molar-refractivity contribution in [1.82, 2.24) is 4.98 Å². The minimum atomic E-state index is 0.426. The molecule has 0 fully saturated rings. The van der Waals surface area contributed by atoms with Gasteiger partial charge in [-0.1, -0.05) is 43.5 Å². The van der Waals surface area contributed by atoms with Crippen LogP contribution < -0.4 is 5.32 Å². The predicted octanol–water partition coefficient (Wildman–Crippen LogP) is 4.63. The van der Waals surface area contributed by atoms with Crippen molar-refractivity contribution < 1.29 is 9.15 Å². The van der Waals surface area contributed by atoms with E-state index in [4.69, 9.17) is 9.15 Å². The normalized spacial score (nSPS) is 11.3. The van der Waals surface area contributed by atoms with Crippen molar-refractivity contribution in [2.24, 2.45) is 0 Å². The van der Waals surface area contributed by atoms with Crippen LogP contribution in [0.1, 0.15) is 16.9 Å². The molecule has 2 rings (SSSR count). The van der Waals surface area contributed by atoms with Gasteiger partial charge in [0.2, 0.25) is 0 Å². The van der Waals surface area contributed by atoms with E-state index >= 15 is 0 Å². The number of methoxy groups -OCH3 is 1. The summed E-state index contributed by atoms with van der Waals surface area (Å²) in [4.78, 5) is 4.25. The fourth-order valence-electron chi connectivity index (χ4n) is 2.05. The highest BCUT2D eigenvalue weighted by Crippen LogP contribution is 2.25. The van der Waals surface area contributed by atoms with Crippen molar-refractivity contribution in [3.05, 3.63) is 72.7 Å². The van der Waals surface area contributed by atoms with Crippen LogP contribution in [0.3, 0.4) is 0 Å². The molecule has 4 nitrogen and oxygen atoms in total. The van der Waals surface area contributed by atoms with Crippen LogP contribution in [0, 0.1) is 6.92 Å². The number of aryl methyl sites for hydroxylation is 1. The molecule has 0 saturated heterocycles. The Kier molecular flexibility index (Phi) is 5.33. The average Bonchev–Trinajstić information content (AvgIpc) is 2.96. The van der Waals surface area contributed by atoms with Crippen molar-refractivity contribution in [2.75, 3.05) is 12.4 Å². The maximum absolute atomic E-state index is 5.72. The van der Waals surface area contributed by atoms with Crippen LogP contribution in [0.15, 0.2) is 60.2 Å². The van der Waals surface area contributed by atoms with Crippen molar-refractivity contribution in [2.45, 2.75) is 13.5 Å². The number of hydrogen-bond acceptors (Lipinski definition) is 4. The maximum Gasteiger partial charge on any atom is 0.299 e. The van der Waals surface area contributed by atoms with E-state index in [1.165, 1.54) is 0 Å². The lowest BCUT2D eigenvalue weighted by molar-refractivity contribution is 0.185. The molecule has 1 aromatic heterocycles. The SMILES string of the molecule is C=C/C=C(\C=C)c1cnc(Nc2cc(C)ccc2COC)o1. The fourth-order valence-corrected chi connectivity index (χ4v) is 2.05. The fraction of sp³-hybridized carbons (Fsp3) is 0.167. The molecule has 0 spiro atoms. The van der Waals surface area contributed by atoms with Crippen LogP contribution in [0.4, 0.5) is 11.7 Å². The van der Waals surface area contributed by atoms with Gasteiger partial charge in [-0.3, -0.25) is 0 Å². The molecule has 0 aliphatic rings. The zero-order chi connectivity index (χ0) is 15.9. The summed E-state index contributed by atoms with van der Waals surface area (Å²) in [5.41, 5.74) is 3.94. The lowest BCUT2D eigenvalue weighted by Crippen LogP contribution is -1.98. The maximum atomic E-state index is 5.72. The number of nitrogens with zero attached hydrogens (tertiary/aromatic N) is 1. The summed E-state index contributed by atoms with van der Waals surface area (Å²) in [7, 11) is 1.67. The Bertz CT molecular complexity index is 699. The standard InChI is InChI=1S/C18H20N2O2/c1-5-7-14(6-2)17-11-19-18(22-17)20-16-10-13(3)8-9-15(16)12-21-4/h5-11H,1-2,12H2,3-4H3,(H,19,20)/b14-7+. The summed E-state index contributed by atoms with van der Waals surface area (Å²) in [6.45, 7) is 9.98. The summed E-state index contributed by atoms with van der Waals surface area (Å²) in [5.74, 6) is 0.637. The van der Waals surface area contributed by atoms with Crippen molar-refractivity contribution in [3.8, 4) is 0 Å². The van der Waals surface area contributed by atoms with Gasteiger partial charge in [-0.2, -0.15) is 0 Å². The van der Waals surface area contributed by atoms with Gasteiger partial charge in [0.15, 0.2) is 5.76 Å². The van der Waals surface area contributed by atoms with Gasteiger partial charge >= 0.3 is 0 Å². The van der Waals surface area contributed by atoms with E-state index in [1.807, 2.05) is 31.2 Å². The molecule has 22 heavy (non-hydrogen) atoms. The molecule has 1 N–H and O–H groups in total. The molecular weight excluding hydrogens is 276 g/mol. The number of aromatic nitrogens is 1. The van der Waals surface area contributed by atoms with Crippen LogP contribution in [0.2, 0.25) is 0 Å². The zero-order valence-electron chi connectivity index (χ0n) is 12.9. The van der Waals surface area contributed by atoms with Gasteiger partial charge in [0.1, 0.15) is 0 Å². The Morgan fingerprint density at radius 2 is 2.23 bits per heavy atom. The highest BCUT2D eigenvalue weighted by Gasteiger charge is 2.09. The molecule has 114 valence electrons. The summed E-state index contributed by atoms with van der Waals surface area (Å²) in [6, 6.07) is 6.53. The topological polar surface area (TPSA) is 47.3 Å². The van der Waals surface area contributed by atoms with E-state index < -0.39 is 0 Å². The lowest BCUT2D eigenvalue weighted by Gasteiger charge is -2.10. The minimum Gasteiger partial charge on any atom is -0.423 e. The molecule has 0 aliphatic carbocycles. The van der Waals surface area contributed by atoms with Gasteiger partial charge < -0.3 is 14.5 Å². The van der Waals surface area contributed by atoms with Gasteiger partial charge in [-0.05, 0) is 18.6 Å². The molecule has 0 atom stereocenters. The summed E-state index contributed by atoms with van der Waals surface area (Å²) >= 11 is 0. The Balaban J connectivity index is 2.26. The van der Waals surface area contributed by atoms with Crippen LogP contribution in [-0.2, 0) is 11.3 Å². The summed E-state index contributed by atoms with van der Waals surface area (Å²) in [6.07, 6.45) is 6.87. The van der Waals surface area contributed by atoms with E-state index in [1.54, 1.807) is 25.5 Å². The molecule has 1 heterocycles. The first kappa shape index (κ1) is 15.8. The Hall–Kier alpha value is -2.59. The smallest absolute Gasteiger partial charge is 0.299 e. The Labute approximate surface area is 130 Å². The van der Waals surface area contributed by atoms with Gasteiger partial charge in [-0.15, -0.1) is 0 Å². The highest BCUT2D eigenvalue weighted by molar-refractivity contribution is 5.71. The number of anilines is 2. The largest absolute Gasteiger partial charge is 0.423 e. The molecule has 1 aromatic carbocycles. The number of allylic oxidation sites excluding steroid dienone is 4. The van der Waals surface area contributed by atoms with Gasteiger partial charge in [0, 0.05) is 23.9 Å². The van der Waals surface area contributed by atoms with Crippen LogP contribution in [-0.4, -0.2) is 12.1 Å². The first-order valence-corrected chi connectivity index (χ1v) is 6.94. The third-order valence-electron chi connectivity index (χ3n) is 3.11. The number of oxazole rings is 1. The van der Waals surface area contributed by atoms with Crippen LogP contribution >= 0.6 is 0 Å². The number of nitrogens with one attached hydrogen (secondary N) is 1. The van der Waals surface area contributed by atoms with E-state index in [9.17, 15) is 0 Å². The monoisotopic (exact) mass is 296 g/mol. The summed E-state index contributed by atoms with van der Waals surface area (Å²) in [5, 5.41) is 3.19. The van der Waals surface area contributed by atoms with E-state index in [0.717, 1.165) is 22.4 Å². The highest BCUT2D eigenvalue weighted by atomic mass is 16.5. The number of rotatable bonds is 7. The molecule has 0 unspecified atom stereocenters. The molecule has 4 heteroatoms. The first-order valence-electron chi connectivity index (χ1n) is 6.94. The Morgan fingerprint density at radius 3 is 2.91 bits per heavy atom. The average molecular weight is 296 g/mol. The van der Waals surface area contributed by atoms with Crippen molar-refractivity contribution in [1.29, 1.82) is 0 Å². The van der Waals surface area contributed by atoms with Gasteiger partial charge in [0.05, 0.1) is 12.8 Å². The number of benzene rings is 1. The van der Waals surface area contributed by atoms with Gasteiger partial charge in [-0.25, -0.2) is 4.98 Å². The molecular formula is C18H20N2O2. The molecule has 0 bridgehead atoms. The second-order valence-corrected chi connectivity index (χ2v) is 4.81. The number of hydrogen-bond donors (Lipinski definition) is 1. The third kappa shape index (κ3) is 3.74. The molecule has 0 radical (unpaired) electrons. The van der Waals surface area contributed by atoms with E-state index in [0.29, 0.717) is 18.4 Å². The molecule has 0 amide bonds. The second kappa shape index (κ2) is 7.43. The second-order valence-electron chi connectivity index (χ2n) is 4.81.